The lowest BCUT2D eigenvalue weighted by Crippen LogP contribution is -2.36. The molecule has 0 saturated heterocycles. The lowest BCUT2D eigenvalue weighted by atomic mass is 9.91. The first-order valence-electron chi connectivity index (χ1n) is 3.39. The SMILES string of the molecule is OCC1C=CCC(O)C1O. The van der Waals surface area contributed by atoms with Gasteiger partial charge in [-0.05, 0) is 6.42 Å². The highest BCUT2D eigenvalue weighted by Crippen LogP contribution is 2.17. The van der Waals surface area contributed by atoms with Gasteiger partial charge in [-0.1, -0.05) is 12.2 Å². The largest absolute Gasteiger partial charge is 0.396 e. The van der Waals surface area contributed by atoms with Crippen LogP contribution in [0.3, 0.4) is 0 Å². The van der Waals surface area contributed by atoms with Crippen molar-refractivity contribution in [2.24, 2.45) is 5.92 Å². The first kappa shape index (κ1) is 7.72. The van der Waals surface area contributed by atoms with Crippen molar-refractivity contribution >= 4 is 0 Å². The van der Waals surface area contributed by atoms with Crippen molar-refractivity contribution in [3.63, 3.8) is 0 Å². The molecule has 1 aliphatic rings. The zero-order chi connectivity index (χ0) is 7.56. The van der Waals surface area contributed by atoms with E-state index in [1.165, 1.54) is 0 Å². The number of aliphatic hydroxyl groups is 3. The summed E-state index contributed by atoms with van der Waals surface area (Å²) in [6, 6.07) is 0. The van der Waals surface area contributed by atoms with E-state index in [-0.39, 0.29) is 12.5 Å². The van der Waals surface area contributed by atoms with Crippen molar-refractivity contribution in [3.05, 3.63) is 12.2 Å². The van der Waals surface area contributed by atoms with Crippen molar-refractivity contribution in [1.29, 1.82) is 0 Å². The van der Waals surface area contributed by atoms with Crippen LogP contribution in [0.15, 0.2) is 12.2 Å². The summed E-state index contributed by atoms with van der Waals surface area (Å²) < 4.78 is 0. The highest BCUT2D eigenvalue weighted by atomic mass is 16.3. The van der Waals surface area contributed by atoms with Gasteiger partial charge >= 0.3 is 0 Å². The molecule has 0 saturated carbocycles. The van der Waals surface area contributed by atoms with Gasteiger partial charge in [0, 0.05) is 5.92 Å². The van der Waals surface area contributed by atoms with Crippen LogP contribution in [0.5, 0.6) is 0 Å². The monoisotopic (exact) mass is 144 g/mol. The van der Waals surface area contributed by atoms with Crippen molar-refractivity contribution in [3.8, 4) is 0 Å². The quantitative estimate of drug-likeness (QED) is 0.425. The molecule has 0 heterocycles. The predicted octanol–water partition coefficient (Wildman–Crippen LogP) is -0.723. The molecule has 3 nitrogen and oxygen atoms in total. The molecule has 3 atom stereocenters. The van der Waals surface area contributed by atoms with Gasteiger partial charge in [-0.2, -0.15) is 0 Å². The van der Waals surface area contributed by atoms with Crippen LogP contribution in [0, 0.1) is 5.92 Å². The van der Waals surface area contributed by atoms with Crippen LogP contribution in [-0.4, -0.2) is 34.1 Å². The Bertz CT molecular complexity index is 133. The first-order valence-corrected chi connectivity index (χ1v) is 3.39. The summed E-state index contributed by atoms with van der Waals surface area (Å²) in [5.74, 6) is -0.288. The van der Waals surface area contributed by atoms with E-state index in [4.69, 9.17) is 10.2 Å². The van der Waals surface area contributed by atoms with Gasteiger partial charge in [-0.15, -0.1) is 0 Å². The molecule has 0 fully saturated rings. The summed E-state index contributed by atoms with van der Waals surface area (Å²) in [4.78, 5) is 0. The van der Waals surface area contributed by atoms with Gasteiger partial charge in [-0.3, -0.25) is 0 Å². The Kier molecular flexibility index (Phi) is 2.43. The van der Waals surface area contributed by atoms with Gasteiger partial charge in [0.2, 0.25) is 0 Å². The zero-order valence-electron chi connectivity index (χ0n) is 5.64. The van der Waals surface area contributed by atoms with E-state index in [2.05, 4.69) is 0 Å². The molecule has 0 bridgehead atoms. The van der Waals surface area contributed by atoms with Gasteiger partial charge in [0.15, 0.2) is 0 Å². The second-order valence-electron chi connectivity index (χ2n) is 2.57. The minimum Gasteiger partial charge on any atom is -0.396 e. The van der Waals surface area contributed by atoms with Crippen LogP contribution in [0.1, 0.15) is 6.42 Å². The zero-order valence-corrected chi connectivity index (χ0v) is 5.64. The average molecular weight is 144 g/mol. The second kappa shape index (κ2) is 3.14. The Balaban J connectivity index is 2.57. The fraction of sp³-hybridized carbons (Fsp3) is 0.714. The lowest BCUT2D eigenvalue weighted by Gasteiger charge is -2.25. The summed E-state index contributed by atoms with van der Waals surface area (Å²) >= 11 is 0. The highest BCUT2D eigenvalue weighted by Gasteiger charge is 2.25. The molecule has 3 unspecified atom stereocenters. The number of aliphatic hydroxyl groups excluding tert-OH is 3. The number of hydrogen-bond donors (Lipinski definition) is 3. The predicted molar refractivity (Wildman–Crippen MR) is 36.3 cm³/mol. The normalized spacial score (nSPS) is 40.1. The van der Waals surface area contributed by atoms with Crippen LogP contribution in [-0.2, 0) is 0 Å². The standard InChI is InChI=1S/C7H12O3/c8-4-5-2-1-3-6(9)7(5)10/h1-2,5-10H,3-4H2. The minimum absolute atomic E-state index is 0.102. The van der Waals surface area contributed by atoms with Crippen molar-refractivity contribution in [2.45, 2.75) is 18.6 Å². The molecule has 0 spiro atoms. The topological polar surface area (TPSA) is 60.7 Å². The van der Waals surface area contributed by atoms with Crippen molar-refractivity contribution in [2.75, 3.05) is 6.61 Å². The fourth-order valence-corrected chi connectivity index (χ4v) is 1.10. The van der Waals surface area contributed by atoms with Crippen LogP contribution in [0.25, 0.3) is 0 Å². The molecule has 1 aliphatic carbocycles. The molecule has 1 rings (SSSR count). The fourth-order valence-electron chi connectivity index (χ4n) is 1.10. The molecule has 10 heavy (non-hydrogen) atoms. The van der Waals surface area contributed by atoms with Crippen molar-refractivity contribution in [1.82, 2.24) is 0 Å². The Morgan fingerprint density at radius 1 is 1.40 bits per heavy atom. The van der Waals surface area contributed by atoms with Gasteiger partial charge in [0.1, 0.15) is 0 Å². The Morgan fingerprint density at radius 2 is 2.10 bits per heavy atom. The van der Waals surface area contributed by atoms with Crippen LogP contribution in [0.4, 0.5) is 0 Å². The van der Waals surface area contributed by atoms with Gasteiger partial charge in [0.25, 0.3) is 0 Å². The summed E-state index contributed by atoms with van der Waals surface area (Å²) in [5.41, 5.74) is 0. The molecule has 0 aromatic carbocycles. The molecule has 58 valence electrons. The second-order valence-corrected chi connectivity index (χ2v) is 2.57. The van der Waals surface area contributed by atoms with Gasteiger partial charge < -0.3 is 15.3 Å². The van der Waals surface area contributed by atoms with E-state index < -0.39 is 12.2 Å². The molecule has 3 N–H and O–H groups in total. The Hall–Kier alpha value is -0.380. The molecular weight excluding hydrogens is 132 g/mol. The number of hydrogen-bond acceptors (Lipinski definition) is 3. The first-order chi connectivity index (χ1) is 4.75. The molecule has 0 aromatic rings. The van der Waals surface area contributed by atoms with E-state index in [1.54, 1.807) is 12.2 Å². The molecular formula is C7H12O3. The maximum absolute atomic E-state index is 9.18. The average Bonchev–Trinajstić information content (AvgIpc) is 1.95. The van der Waals surface area contributed by atoms with Crippen LogP contribution in [0.2, 0.25) is 0 Å². The molecule has 0 aliphatic heterocycles. The smallest absolute Gasteiger partial charge is 0.0886 e. The van der Waals surface area contributed by atoms with Crippen LogP contribution < -0.4 is 0 Å². The molecule has 0 radical (unpaired) electrons. The third-order valence-corrected chi connectivity index (χ3v) is 1.80. The maximum Gasteiger partial charge on any atom is 0.0886 e. The molecule has 0 aromatic heterocycles. The molecule has 3 heteroatoms. The van der Waals surface area contributed by atoms with E-state index in [9.17, 15) is 5.11 Å². The van der Waals surface area contributed by atoms with E-state index >= 15 is 0 Å². The third kappa shape index (κ3) is 1.37. The minimum atomic E-state index is -0.796. The van der Waals surface area contributed by atoms with E-state index in [1.807, 2.05) is 0 Å². The van der Waals surface area contributed by atoms with Crippen LogP contribution >= 0.6 is 0 Å². The summed E-state index contributed by atoms with van der Waals surface area (Å²) in [5, 5.41) is 26.9. The third-order valence-electron chi connectivity index (χ3n) is 1.80. The Labute approximate surface area is 59.6 Å². The van der Waals surface area contributed by atoms with Crippen molar-refractivity contribution < 1.29 is 15.3 Å². The highest BCUT2D eigenvalue weighted by molar-refractivity contribution is 5.00. The van der Waals surface area contributed by atoms with Gasteiger partial charge in [-0.25, -0.2) is 0 Å². The summed E-state index contributed by atoms with van der Waals surface area (Å²) in [7, 11) is 0. The Morgan fingerprint density at radius 3 is 2.60 bits per heavy atom. The summed E-state index contributed by atoms with van der Waals surface area (Å²) in [6.45, 7) is -0.102. The van der Waals surface area contributed by atoms with E-state index in [0.717, 1.165) is 0 Å². The summed E-state index contributed by atoms with van der Waals surface area (Å²) in [6.07, 6.45) is 2.49. The van der Waals surface area contributed by atoms with Gasteiger partial charge in [0.05, 0.1) is 18.8 Å². The van der Waals surface area contributed by atoms with E-state index in [0.29, 0.717) is 6.42 Å². The lowest BCUT2D eigenvalue weighted by molar-refractivity contribution is -0.0221. The maximum atomic E-state index is 9.18. The number of rotatable bonds is 1. The molecule has 0 amide bonds.